The first-order valence-electron chi connectivity index (χ1n) is 6.50. The van der Waals surface area contributed by atoms with Crippen LogP contribution in [-0.4, -0.2) is 17.2 Å². The van der Waals surface area contributed by atoms with Gasteiger partial charge in [0.15, 0.2) is 0 Å². The highest BCUT2D eigenvalue weighted by molar-refractivity contribution is 5.40. The maximum absolute atomic E-state index is 9.79. The normalized spacial score (nSPS) is 20.1. The summed E-state index contributed by atoms with van der Waals surface area (Å²) in [7, 11) is 0. The molecule has 0 fully saturated rings. The molecule has 2 rings (SSSR count). The van der Waals surface area contributed by atoms with E-state index in [9.17, 15) is 5.11 Å². The number of hydrogen-bond acceptors (Lipinski definition) is 2. The Hall–Kier alpha value is -1.02. The van der Waals surface area contributed by atoms with Crippen LogP contribution >= 0.6 is 0 Å². The molecule has 94 valence electrons. The fourth-order valence-electron chi connectivity index (χ4n) is 2.49. The van der Waals surface area contributed by atoms with Gasteiger partial charge in [0.1, 0.15) is 5.75 Å². The van der Waals surface area contributed by atoms with Crippen molar-refractivity contribution in [2.45, 2.75) is 45.6 Å². The molecule has 1 aromatic rings. The molecule has 0 saturated heterocycles. The highest BCUT2D eigenvalue weighted by atomic mass is 16.3. The maximum atomic E-state index is 9.79. The van der Waals surface area contributed by atoms with Gasteiger partial charge in [-0.05, 0) is 69.7 Å². The third kappa shape index (κ3) is 3.22. The Bertz CT molecular complexity index is 392. The lowest BCUT2D eigenvalue weighted by Crippen LogP contribution is -2.40. The molecule has 2 heteroatoms. The topological polar surface area (TPSA) is 32.3 Å². The summed E-state index contributed by atoms with van der Waals surface area (Å²) >= 11 is 0. The largest absolute Gasteiger partial charge is 0.508 e. The maximum Gasteiger partial charge on any atom is 0.119 e. The Balaban J connectivity index is 1.99. The zero-order valence-corrected chi connectivity index (χ0v) is 11.1. The molecule has 0 saturated carbocycles. The smallest absolute Gasteiger partial charge is 0.119 e. The third-order valence-electron chi connectivity index (χ3n) is 3.48. The van der Waals surface area contributed by atoms with Gasteiger partial charge in [0.05, 0.1) is 0 Å². The van der Waals surface area contributed by atoms with Crippen LogP contribution in [0, 0.1) is 5.92 Å². The van der Waals surface area contributed by atoms with Gasteiger partial charge in [-0.3, -0.25) is 0 Å². The zero-order chi connectivity index (χ0) is 12.5. The highest BCUT2D eigenvalue weighted by Gasteiger charge is 2.21. The van der Waals surface area contributed by atoms with Gasteiger partial charge in [0.25, 0.3) is 0 Å². The molecule has 1 aliphatic carbocycles. The molecule has 1 unspecified atom stereocenters. The van der Waals surface area contributed by atoms with Crippen molar-refractivity contribution in [1.29, 1.82) is 0 Å². The van der Waals surface area contributed by atoms with Crippen LogP contribution in [0.15, 0.2) is 18.2 Å². The summed E-state index contributed by atoms with van der Waals surface area (Å²) in [6.45, 7) is 7.68. The second kappa shape index (κ2) is 4.69. The summed E-state index contributed by atoms with van der Waals surface area (Å²) in [6.07, 6.45) is 3.28. The van der Waals surface area contributed by atoms with Crippen LogP contribution in [0.4, 0.5) is 0 Å². The van der Waals surface area contributed by atoms with Crippen molar-refractivity contribution in [3.05, 3.63) is 29.3 Å². The van der Waals surface area contributed by atoms with Gasteiger partial charge in [-0.25, -0.2) is 0 Å². The Morgan fingerprint density at radius 3 is 2.82 bits per heavy atom. The average molecular weight is 233 g/mol. The van der Waals surface area contributed by atoms with E-state index in [1.807, 2.05) is 6.07 Å². The number of phenolic OH excluding ortho intramolecular Hbond substituents is 1. The van der Waals surface area contributed by atoms with Gasteiger partial charge < -0.3 is 10.4 Å². The van der Waals surface area contributed by atoms with Crippen molar-refractivity contribution in [3.8, 4) is 5.75 Å². The minimum absolute atomic E-state index is 0.194. The van der Waals surface area contributed by atoms with E-state index < -0.39 is 0 Å². The van der Waals surface area contributed by atoms with E-state index in [0.717, 1.165) is 19.4 Å². The molecule has 0 bridgehead atoms. The average Bonchev–Trinajstić information content (AvgIpc) is 2.26. The molecule has 0 amide bonds. The standard InChI is InChI=1S/C15H23NO/c1-15(2,3)16-10-11-7-8-13-12(9-11)5-4-6-14(13)17/h4-6,11,16-17H,7-10H2,1-3H3. The monoisotopic (exact) mass is 233 g/mol. The highest BCUT2D eigenvalue weighted by Crippen LogP contribution is 2.31. The van der Waals surface area contributed by atoms with Crippen molar-refractivity contribution < 1.29 is 5.11 Å². The van der Waals surface area contributed by atoms with Gasteiger partial charge in [0, 0.05) is 5.54 Å². The van der Waals surface area contributed by atoms with Gasteiger partial charge in [-0.15, -0.1) is 0 Å². The summed E-state index contributed by atoms with van der Waals surface area (Å²) in [5.74, 6) is 1.17. The van der Waals surface area contributed by atoms with E-state index in [1.165, 1.54) is 17.5 Å². The van der Waals surface area contributed by atoms with Crippen molar-refractivity contribution in [2.24, 2.45) is 5.92 Å². The molecule has 2 N–H and O–H groups in total. The molecular formula is C15H23NO. The predicted octanol–water partition coefficient (Wildman–Crippen LogP) is 2.89. The van der Waals surface area contributed by atoms with Crippen LogP contribution in [0.1, 0.15) is 38.3 Å². The molecule has 2 nitrogen and oxygen atoms in total. The van der Waals surface area contributed by atoms with E-state index in [0.29, 0.717) is 11.7 Å². The predicted molar refractivity (Wildman–Crippen MR) is 71.4 cm³/mol. The Kier molecular flexibility index (Phi) is 3.43. The molecule has 0 aliphatic heterocycles. The number of nitrogens with one attached hydrogen (secondary N) is 1. The van der Waals surface area contributed by atoms with Crippen LogP contribution in [-0.2, 0) is 12.8 Å². The fourth-order valence-corrected chi connectivity index (χ4v) is 2.49. The summed E-state index contributed by atoms with van der Waals surface area (Å²) in [6, 6.07) is 5.90. The number of aromatic hydroxyl groups is 1. The molecule has 1 aliphatic rings. The number of rotatable bonds is 2. The van der Waals surface area contributed by atoms with Crippen LogP contribution in [0.5, 0.6) is 5.75 Å². The lowest BCUT2D eigenvalue weighted by atomic mass is 9.83. The van der Waals surface area contributed by atoms with Gasteiger partial charge >= 0.3 is 0 Å². The molecule has 0 heterocycles. The summed E-state index contributed by atoms with van der Waals surface area (Å²) in [5, 5.41) is 13.4. The van der Waals surface area contributed by atoms with Gasteiger partial charge in [-0.2, -0.15) is 0 Å². The van der Waals surface area contributed by atoms with E-state index in [1.54, 1.807) is 6.07 Å². The lowest BCUT2D eigenvalue weighted by Gasteiger charge is -2.29. The third-order valence-corrected chi connectivity index (χ3v) is 3.48. The summed E-state index contributed by atoms with van der Waals surface area (Å²) < 4.78 is 0. The second-order valence-electron chi connectivity index (χ2n) is 6.15. The van der Waals surface area contributed by atoms with Crippen molar-refractivity contribution in [3.63, 3.8) is 0 Å². The number of phenols is 1. The van der Waals surface area contributed by atoms with Crippen molar-refractivity contribution in [2.75, 3.05) is 6.54 Å². The van der Waals surface area contributed by atoms with Crippen molar-refractivity contribution >= 4 is 0 Å². The fraction of sp³-hybridized carbons (Fsp3) is 0.600. The number of hydrogen-bond donors (Lipinski definition) is 2. The molecule has 1 aromatic carbocycles. The molecule has 1 atom stereocenters. The first-order chi connectivity index (χ1) is 7.96. The Morgan fingerprint density at radius 1 is 1.35 bits per heavy atom. The molecule has 0 spiro atoms. The van der Waals surface area contributed by atoms with Crippen LogP contribution in [0.2, 0.25) is 0 Å². The van der Waals surface area contributed by atoms with Crippen LogP contribution < -0.4 is 5.32 Å². The Labute approximate surface area is 104 Å². The zero-order valence-electron chi connectivity index (χ0n) is 11.1. The molecular weight excluding hydrogens is 210 g/mol. The second-order valence-corrected chi connectivity index (χ2v) is 6.15. The minimum Gasteiger partial charge on any atom is -0.508 e. The van der Waals surface area contributed by atoms with Crippen LogP contribution in [0.25, 0.3) is 0 Å². The van der Waals surface area contributed by atoms with Gasteiger partial charge in [-0.1, -0.05) is 12.1 Å². The summed E-state index contributed by atoms with van der Waals surface area (Å²) in [5.41, 5.74) is 2.69. The van der Waals surface area contributed by atoms with E-state index in [4.69, 9.17) is 0 Å². The molecule has 17 heavy (non-hydrogen) atoms. The van der Waals surface area contributed by atoms with Crippen LogP contribution in [0.3, 0.4) is 0 Å². The number of fused-ring (bicyclic) bond motifs is 1. The lowest BCUT2D eigenvalue weighted by molar-refractivity contribution is 0.345. The molecule has 0 radical (unpaired) electrons. The SMILES string of the molecule is CC(C)(C)NCC1CCc2c(O)cccc2C1. The van der Waals surface area contributed by atoms with E-state index in [-0.39, 0.29) is 5.54 Å². The Morgan fingerprint density at radius 2 is 2.12 bits per heavy atom. The van der Waals surface area contributed by atoms with Gasteiger partial charge in [0.2, 0.25) is 0 Å². The van der Waals surface area contributed by atoms with Crippen molar-refractivity contribution in [1.82, 2.24) is 5.32 Å². The number of benzene rings is 1. The first-order valence-corrected chi connectivity index (χ1v) is 6.50. The summed E-state index contributed by atoms with van der Waals surface area (Å²) in [4.78, 5) is 0. The molecule has 0 aromatic heterocycles. The van der Waals surface area contributed by atoms with E-state index in [2.05, 4.69) is 32.2 Å². The minimum atomic E-state index is 0.194. The van der Waals surface area contributed by atoms with E-state index >= 15 is 0 Å². The quantitative estimate of drug-likeness (QED) is 0.823. The first kappa shape index (κ1) is 12.4.